The number of aromatic nitrogens is 4. The Bertz CT molecular complexity index is 1150. The van der Waals surface area contributed by atoms with Crippen molar-refractivity contribution >= 4 is 34.2 Å². The highest BCUT2D eigenvalue weighted by Gasteiger charge is 2.43. The molecule has 2 aromatic heterocycles. The van der Waals surface area contributed by atoms with Crippen molar-refractivity contribution in [1.82, 2.24) is 20.2 Å². The van der Waals surface area contributed by atoms with Crippen LogP contribution in [0.15, 0.2) is 18.3 Å². The molecule has 0 atom stereocenters. The third kappa shape index (κ3) is 2.89. The standard InChI is InChI=1S/C22H28N6O2/c1-7-21(3,4)19(29)26-15-11-23-27-17(15)18-24-13-9-12-16(10-14(13)25-18)28(8-2)20(30)22(12,5)6/h9-11H,7-8H2,1-6H3,(H,23,27)(H,24,25)(H,26,29). The van der Waals surface area contributed by atoms with E-state index >= 15 is 0 Å². The highest BCUT2D eigenvalue weighted by molar-refractivity contribution is 6.09. The van der Waals surface area contributed by atoms with Gasteiger partial charge in [-0.15, -0.1) is 0 Å². The van der Waals surface area contributed by atoms with Crippen LogP contribution < -0.4 is 10.2 Å². The number of nitrogens with one attached hydrogen (secondary N) is 3. The van der Waals surface area contributed by atoms with Crippen LogP contribution in [0.5, 0.6) is 0 Å². The third-order valence-electron chi connectivity index (χ3n) is 6.28. The molecule has 8 nitrogen and oxygen atoms in total. The number of anilines is 2. The van der Waals surface area contributed by atoms with Crippen molar-refractivity contribution in [2.75, 3.05) is 16.8 Å². The smallest absolute Gasteiger partial charge is 0.237 e. The number of likely N-dealkylation sites (N-methyl/N-ethyl adjacent to an activating group) is 1. The second-order valence-corrected chi connectivity index (χ2v) is 9.00. The van der Waals surface area contributed by atoms with Gasteiger partial charge in [-0.3, -0.25) is 14.7 Å². The monoisotopic (exact) mass is 408 g/mol. The van der Waals surface area contributed by atoms with Gasteiger partial charge in [-0.1, -0.05) is 20.8 Å². The maximum Gasteiger partial charge on any atom is 0.237 e. The average Bonchev–Trinajstić information content (AvgIpc) is 3.37. The van der Waals surface area contributed by atoms with E-state index in [1.165, 1.54) is 0 Å². The summed E-state index contributed by atoms with van der Waals surface area (Å²) in [7, 11) is 0. The zero-order chi connectivity index (χ0) is 21.8. The molecule has 1 aliphatic rings. The molecule has 0 spiro atoms. The molecule has 0 bridgehead atoms. The first-order chi connectivity index (χ1) is 14.1. The summed E-state index contributed by atoms with van der Waals surface area (Å²) in [6.07, 6.45) is 2.32. The number of rotatable bonds is 5. The number of H-pyrrole nitrogens is 2. The first-order valence-electron chi connectivity index (χ1n) is 10.3. The van der Waals surface area contributed by atoms with Crippen LogP contribution in [0.25, 0.3) is 22.6 Å². The van der Waals surface area contributed by atoms with Gasteiger partial charge in [0.15, 0.2) is 5.82 Å². The predicted octanol–water partition coefficient (Wildman–Crippen LogP) is 3.97. The van der Waals surface area contributed by atoms with Gasteiger partial charge < -0.3 is 15.2 Å². The van der Waals surface area contributed by atoms with Gasteiger partial charge in [0.05, 0.1) is 34.0 Å². The minimum atomic E-state index is -0.580. The summed E-state index contributed by atoms with van der Waals surface area (Å²) in [6, 6.07) is 3.96. The van der Waals surface area contributed by atoms with Gasteiger partial charge in [0, 0.05) is 12.0 Å². The highest BCUT2D eigenvalue weighted by atomic mass is 16.2. The van der Waals surface area contributed by atoms with E-state index in [-0.39, 0.29) is 11.8 Å². The lowest BCUT2D eigenvalue weighted by Gasteiger charge is -2.21. The summed E-state index contributed by atoms with van der Waals surface area (Å²) in [6.45, 7) is 12.3. The molecule has 0 radical (unpaired) electrons. The van der Waals surface area contributed by atoms with Crippen LogP contribution in [0, 0.1) is 5.41 Å². The van der Waals surface area contributed by atoms with E-state index in [9.17, 15) is 9.59 Å². The molecule has 0 saturated carbocycles. The Morgan fingerprint density at radius 3 is 2.67 bits per heavy atom. The predicted molar refractivity (Wildman–Crippen MR) is 117 cm³/mol. The first kappa shape index (κ1) is 20.1. The van der Waals surface area contributed by atoms with E-state index in [4.69, 9.17) is 4.98 Å². The number of fused-ring (bicyclic) bond motifs is 2. The normalized spacial score (nSPS) is 15.7. The summed E-state index contributed by atoms with van der Waals surface area (Å²) in [5, 5.41) is 9.99. The quantitative estimate of drug-likeness (QED) is 0.594. The van der Waals surface area contributed by atoms with Crippen LogP contribution >= 0.6 is 0 Å². The molecule has 0 unspecified atom stereocenters. The number of amides is 2. The Balaban J connectivity index is 1.75. The van der Waals surface area contributed by atoms with E-state index in [2.05, 4.69) is 20.5 Å². The van der Waals surface area contributed by atoms with Crippen molar-refractivity contribution < 1.29 is 9.59 Å². The van der Waals surface area contributed by atoms with Gasteiger partial charge in [0.25, 0.3) is 0 Å². The number of carbonyl (C=O) groups excluding carboxylic acids is 2. The van der Waals surface area contributed by atoms with E-state index in [0.29, 0.717) is 23.8 Å². The van der Waals surface area contributed by atoms with Gasteiger partial charge in [0.2, 0.25) is 11.8 Å². The first-order valence-corrected chi connectivity index (χ1v) is 10.3. The minimum Gasteiger partial charge on any atom is -0.337 e. The number of aromatic amines is 2. The van der Waals surface area contributed by atoms with Crippen molar-refractivity contribution in [1.29, 1.82) is 0 Å². The second-order valence-electron chi connectivity index (χ2n) is 9.00. The molecular formula is C22H28N6O2. The Kier molecular flexibility index (Phi) is 4.48. The second kappa shape index (κ2) is 6.68. The SMILES string of the molecule is CCN1C(=O)C(C)(C)c2cc3[nH]c(-c4[nH]ncc4NC(=O)C(C)(C)CC)nc3cc21. The van der Waals surface area contributed by atoms with Gasteiger partial charge in [-0.25, -0.2) is 4.98 Å². The van der Waals surface area contributed by atoms with E-state index in [1.54, 1.807) is 11.1 Å². The molecule has 8 heteroatoms. The molecule has 2 amide bonds. The molecule has 3 N–H and O–H groups in total. The van der Waals surface area contributed by atoms with E-state index in [1.807, 2.05) is 53.7 Å². The van der Waals surface area contributed by atoms with E-state index < -0.39 is 10.8 Å². The minimum absolute atomic E-state index is 0.0680. The molecule has 0 fully saturated rings. The maximum absolute atomic E-state index is 12.8. The molecule has 0 saturated heterocycles. The summed E-state index contributed by atoms with van der Waals surface area (Å²) in [4.78, 5) is 35.2. The highest BCUT2D eigenvalue weighted by Crippen LogP contribution is 2.43. The Hall–Kier alpha value is -3.16. The average molecular weight is 409 g/mol. The molecule has 1 aromatic carbocycles. The Morgan fingerprint density at radius 2 is 2.00 bits per heavy atom. The largest absolute Gasteiger partial charge is 0.337 e. The number of benzene rings is 1. The molecule has 3 aromatic rings. The Morgan fingerprint density at radius 1 is 1.27 bits per heavy atom. The van der Waals surface area contributed by atoms with Crippen molar-refractivity contribution in [3.8, 4) is 11.5 Å². The van der Waals surface area contributed by atoms with Crippen LogP contribution in [-0.4, -0.2) is 38.5 Å². The van der Waals surface area contributed by atoms with Crippen LogP contribution in [0.1, 0.15) is 53.5 Å². The summed E-state index contributed by atoms with van der Waals surface area (Å²) >= 11 is 0. The third-order valence-corrected chi connectivity index (χ3v) is 6.28. The zero-order valence-corrected chi connectivity index (χ0v) is 18.3. The fourth-order valence-electron chi connectivity index (χ4n) is 3.78. The van der Waals surface area contributed by atoms with Gasteiger partial charge in [0.1, 0.15) is 5.69 Å². The summed E-state index contributed by atoms with van der Waals surface area (Å²) in [5.74, 6) is 0.620. The molecular weight excluding hydrogens is 380 g/mol. The zero-order valence-electron chi connectivity index (χ0n) is 18.3. The van der Waals surface area contributed by atoms with Crippen LogP contribution in [0.3, 0.4) is 0 Å². The van der Waals surface area contributed by atoms with Crippen molar-refractivity contribution in [3.63, 3.8) is 0 Å². The van der Waals surface area contributed by atoms with Crippen LogP contribution in [0.4, 0.5) is 11.4 Å². The lowest BCUT2D eigenvalue weighted by molar-refractivity contribution is -0.124. The van der Waals surface area contributed by atoms with Gasteiger partial charge >= 0.3 is 0 Å². The van der Waals surface area contributed by atoms with Crippen LogP contribution in [0.2, 0.25) is 0 Å². The van der Waals surface area contributed by atoms with Crippen LogP contribution in [-0.2, 0) is 15.0 Å². The lowest BCUT2D eigenvalue weighted by atomic mass is 9.86. The molecule has 158 valence electrons. The number of hydrogen-bond acceptors (Lipinski definition) is 4. The summed E-state index contributed by atoms with van der Waals surface area (Å²) in [5.41, 5.74) is 3.62. The maximum atomic E-state index is 12.8. The topological polar surface area (TPSA) is 107 Å². The van der Waals surface area contributed by atoms with Gasteiger partial charge in [-0.2, -0.15) is 5.10 Å². The molecule has 1 aliphatic heterocycles. The van der Waals surface area contributed by atoms with Gasteiger partial charge in [-0.05, 0) is 44.9 Å². The fourth-order valence-corrected chi connectivity index (χ4v) is 3.78. The Labute approximate surface area is 175 Å². The van der Waals surface area contributed by atoms with Crippen molar-refractivity contribution in [3.05, 3.63) is 23.9 Å². The molecule has 0 aliphatic carbocycles. The molecule has 4 rings (SSSR count). The van der Waals surface area contributed by atoms with E-state index in [0.717, 1.165) is 28.7 Å². The number of carbonyl (C=O) groups is 2. The molecule has 3 heterocycles. The number of hydrogen-bond donors (Lipinski definition) is 3. The fraction of sp³-hybridized carbons (Fsp3) is 0.455. The number of imidazole rings is 1. The number of nitrogens with zero attached hydrogens (tertiary/aromatic N) is 3. The lowest BCUT2D eigenvalue weighted by Crippen LogP contribution is -2.35. The van der Waals surface area contributed by atoms with Crippen molar-refractivity contribution in [2.24, 2.45) is 5.41 Å². The molecule has 30 heavy (non-hydrogen) atoms. The summed E-state index contributed by atoms with van der Waals surface area (Å²) < 4.78 is 0. The van der Waals surface area contributed by atoms with Crippen molar-refractivity contribution in [2.45, 2.75) is 53.4 Å².